The molecule has 0 spiro atoms. The van der Waals surface area contributed by atoms with E-state index in [2.05, 4.69) is 30.5 Å². The maximum Gasteiger partial charge on any atom is 0.107 e. The fraction of sp³-hybridized carbons (Fsp3) is 0.500. The van der Waals surface area contributed by atoms with Crippen LogP contribution < -0.4 is 0 Å². The molecule has 0 aromatic heterocycles. The van der Waals surface area contributed by atoms with Crippen LogP contribution in [0.1, 0.15) is 0 Å². The second kappa shape index (κ2) is 2.19. The number of hydrazone groups is 1. The van der Waals surface area contributed by atoms with E-state index in [0.29, 0.717) is 0 Å². The van der Waals surface area contributed by atoms with Crippen molar-refractivity contribution in [1.29, 1.82) is 0 Å². The summed E-state index contributed by atoms with van der Waals surface area (Å²) in [6.45, 7) is 0. The number of thiol groups is 2. The highest BCUT2D eigenvalue weighted by atomic mass is 32.2. The Hall–Kier alpha value is 0.520. The highest BCUT2D eigenvalue weighted by molar-refractivity contribution is 8.14. The van der Waals surface area contributed by atoms with Crippen molar-refractivity contribution in [2.75, 3.05) is 0 Å². The number of nitrogens with zero attached hydrogens (tertiary/aromatic N) is 2. The predicted octanol–water partition coefficient (Wildman–Crippen LogP) is 1.04. The van der Waals surface area contributed by atoms with E-state index >= 15 is 0 Å². The third-order valence-corrected chi connectivity index (χ3v) is 1.92. The van der Waals surface area contributed by atoms with Gasteiger partial charge in [-0.05, 0) is 12.8 Å². The highest BCUT2D eigenvalue weighted by Crippen LogP contribution is 2.25. The van der Waals surface area contributed by atoms with E-state index in [0.717, 1.165) is 0 Å². The van der Waals surface area contributed by atoms with Crippen molar-refractivity contribution >= 4 is 43.6 Å². The summed E-state index contributed by atoms with van der Waals surface area (Å²) in [7, 11) is 0. The Morgan fingerprint density at radius 1 is 1.86 bits per heavy atom. The number of hydrogen-bond acceptors (Lipinski definition) is 5. The number of rotatable bonds is 0. The lowest BCUT2D eigenvalue weighted by Crippen LogP contribution is -1.86. The van der Waals surface area contributed by atoms with Crippen molar-refractivity contribution in [2.24, 2.45) is 5.10 Å². The van der Waals surface area contributed by atoms with E-state index in [-0.39, 0.29) is 4.58 Å². The number of hydrogen-bond donors (Lipinski definition) is 2. The summed E-state index contributed by atoms with van der Waals surface area (Å²) in [5, 5.41) is 3.78. The lowest BCUT2D eigenvalue weighted by molar-refractivity contribution is 0.854. The Kier molecular flexibility index (Phi) is 1.77. The Morgan fingerprint density at radius 3 is 2.71 bits per heavy atom. The lowest BCUT2D eigenvalue weighted by atomic mass is 10.9. The Labute approximate surface area is 57.4 Å². The fourth-order valence-electron chi connectivity index (χ4n) is 0.265. The molecule has 0 aromatic rings. The molecule has 0 aromatic carbocycles. The van der Waals surface area contributed by atoms with Crippen LogP contribution in [-0.4, -0.2) is 14.6 Å². The minimum Gasteiger partial charge on any atom is -0.181 e. The summed E-state index contributed by atoms with van der Waals surface area (Å²) in [6.07, 6.45) is 1.72. The smallest absolute Gasteiger partial charge is 0.107 e. The molecule has 0 aliphatic carbocycles. The molecule has 0 radical (unpaired) electrons. The SMILES string of the molecule is SC1C=NN(S)S1. The van der Waals surface area contributed by atoms with Gasteiger partial charge < -0.3 is 0 Å². The van der Waals surface area contributed by atoms with E-state index in [1.807, 2.05) is 0 Å². The van der Waals surface area contributed by atoms with Crippen molar-refractivity contribution in [3.8, 4) is 0 Å². The Morgan fingerprint density at radius 2 is 2.57 bits per heavy atom. The average Bonchev–Trinajstić information content (AvgIpc) is 1.87. The molecule has 0 N–H and O–H groups in total. The van der Waals surface area contributed by atoms with E-state index in [9.17, 15) is 0 Å². The summed E-state index contributed by atoms with van der Waals surface area (Å²) >= 11 is 9.44. The zero-order valence-corrected chi connectivity index (χ0v) is 5.96. The molecule has 0 saturated heterocycles. The molecule has 1 aliphatic heterocycles. The van der Waals surface area contributed by atoms with Gasteiger partial charge in [-0.2, -0.15) is 21.5 Å². The van der Waals surface area contributed by atoms with E-state index < -0.39 is 0 Å². The summed E-state index contributed by atoms with van der Waals surface area (Å²) in [4.78, 5) is 0. The van der Waals surface area contributed by atoms with E-state index in [1.165, 1.54) is 15.8 Å². The first kappa shape index (κ1) is 5.65. The van der Waals surface area contributed by atoms with Gasteiger partial charge in [-0.1, -0.05) is 0 Å². The van der Waals surface area contributed by atoms with Crippen molar-refractivity contribution in [2.45, 2.75) is 4.58 Å². The molecular formula is C2H4N2S3. The van der Waals surface area contributed by atoms with Crippen LogP contribution in [0.4, 0.5) is 0 Å². The second-order valence-corrected chi connectivity index (χ2v) is 3.63. The van der Waals surface area contributed by atoms with Crippen LogP contribution in [0.25, 0.3) is 0 Å². The first-order valence-electron chi connectivity index (χ1n) is 1.67. The topological polar surface area (TPSA) is 15.6 Å². The van der Waals surface area contributed by atoms with Gasteiger partial charge >= 0.3 is 0 Å². The summed E-state index contributed by atoms with van der Waals surface area (Å²) in [6, 6.07) is 0. The van der Waals surface area contributed by atoms with Gasteiger partial charge in [0.1, 0.15) is 4.58 Å². The molecule has 40 valence electrons. The largest absolute Gasteiger partial charge is 0.181 e. The van der Waals surface area contributed by atoms with Crippen LogP contribution in [0.2, 0.25) is 0 Å². The molecule has 1 rings (SSSR count). The maximum absolute atomic E-state index is 4.07. The summed E-state index contributed by atoms with van der Waals surface area (Å²) in [5.74, 6) is 0. The first-order valence-corrected chi connectivity index (χ1v) is 3.42. The van der Waals surface area contributed by atoms with E-state index in [4.69, 9.17) is 0 Å². The van der Waals surface area contributed by atoms with Gasteiger partial charge in [0.25, 0.3) is 0 Å². The maximum atomic E-state index is 4.07. The van der Waals surface area contributed by atoms with Crippen LogP contribution in [0.15, 0.2) is 5.10 Å². The summed E-state index contributed by atoms with van der Waals surface area (Å²) in [5.41, 5.74) is 0. The van der Waals surface area contributed by atoms with Crippen LogP contribution >= 0.6 is 37.4 Å². The second-order valence-electron chi connectivity index (χ2n) is 1.01. The minimum atomic E-state index is 0.192. The summed E-state index contributed by atoms with van der Waals surface area (Å²) < 4.78 is 1.68. The van der Waals surface area contributed by atoms with Gasteiger partial charge in [-0.3, -0.25) is 0 Å². The monoisotopic (exact) mass is 152 g/mol. The molecule has 0 bridgehead atoms. The molecule has 1 atom stereocenters. The third-order valence-electron chi connectivity index (χ3n) is 0.495. The van der Waals surface area contributed by atoms with Gasteiger partial charge in [0.15, 0.2) is 0 Å². The molecule has 2 nitrogen and oxygen atoms in total. The quantitative estimate of drug-likeness (QED) is 0.398. The third kappa shape index (κ3) is 1.47. The van der Waals surface area contributed by atoms with Gasteiger partial charge in [0, 0.05) is 11.9 Å². The Balaban J connectivity index is 2.42. The van der Waals surface area contributed by atoms with Gasteiger partial charge in [-0.25, -0.2) is 0 Å². The molecule has 1 heterocycles. The molecule has 1 unspecified atom stereocenters. The van der Waals surface area contributed by atoms with Crippen LogP contribution in [0.3, 0.4) is 0 Å². The zero-order valence-electron chi connectivity index (χ0n) is 3.35. The molecule has 0 saturated carbocycles. The van der Waals surface area contributed by atoms with Crippen LogP contribution in [0.5, 0.6) is 0 Å². The first-order chi connectivity index (χ1) is 3.29. The average molecular weight is 152 g/mol. The van der Waals surface area contributed by atoms with Crippen molar-refractivity contribution in [3.63, 3.8) is 0 Å². The lowest BCUT2D eigenvalue weighted by Gasteiger charge is -1.99. The standard InChI is InChI=1S/C2H4N2S3/c5-2-1-3-4(6)7-2/h1-2,5-6H. The highest BCUT2D eigenvalue weighted by Gasteiger charge is 2.09. The minimum absolute atomic E-state index is 0.192. The normalized spacial score (nSPS) is 29.4. The fourth-order valence-corrected chi connectivity index (χ4v) is 1.59. The van der Waals surface area contributed by atoms with Gasteiger partial charge in [0.2, 0.25) is 0 Å². The van der Waals surface area contributed by atoms with Crippen LogP contribution in [-0.2, 0) is 0 Å². The Bertz CT molecular complexity index is 82.9. The predicted molar refractivity (Wildman–Crippen MR) is 39.7 cm³/mol. The molecular weight excluding hydrogens is 148 g/mol. The van der Waals surface area contributed by atoms with E-state index in [1.54, 1.807) is 6.21 Å². The van der Waals surface area contributed by atoms with Crippen molar-refractivity contribution in [3.05, 3.63) is 0 Å². The zero-order chi connectivity index (χ0) is 5.28. The molecule has 5 heteroatoms. The molecule has 1 aliphatic rings. The molecule has 0 fully saturated rings. The van der Waals surface area contributed by atoms with Gasteiger partial charge in [0.05, 0.1) is 6.21 Å². The van der Waals surface area contributed by atoms with Gasteiger partial charge in [-0.15, -0.1) is 0 Å². The van der Waals surface area contributed by atoms with Crippen molar-refractivity contribution < 1.29 is 0 Å². The molecule has 7 heavy (non-hydrogen) atoms. The van der Waals surface area contributed by atoms with Crippen LogP contribution in [0, 0.1) is 0 Å². The molecule has 0 amide bonds. The van der Waals surface area contributed by atoms with Crippen molar-refractivity contribution in [1.82, 2.24) is 3.82 Å².